The van der Waals surface area contributed by atoms with E-state index < -0.39 is 5.95 Å². The molecule has 0 aliphatic carbocycles. The van der Waals surface area contributed by atoms with E-state index in [1.165, 1.54) is 12.1 Å². The molecule has 1 aromatic heterocycles. The molecule has 1 aromatic rings. The lowest BCUT2D eigenvalue weighted by atomic mass is 10.2. The molecule has 0 radical (unpaired) electrons. The van der Waals surface area contributed by atoms with Crippen molar-refractivity contribution in [3.05, 3.63) is 23.8 Å². The van der Waals surface area contributed by atoms with E-state index in [9.17, 15) is 9.18 Å². The summed E-state index contributed by atoms with van der Waals surface area (Å²) in [6, 6.07) is 2.43. The number of anilines is 1. The van der Waals surface area contributed by atoms with E-state index in [0.29, 0.717) is 11.4 Å². The summed E-state index contributed by atoms with van der Waals surface area (Å²) in [5.74, 6) is -0.535. The van der Waals surface area contributed by atoms with Gasteiger partial charge in [-0.05, 0) is 12.1 Å². The molecule has 0 unspecified atom stereocenters. The highest BCUT2D eigenvalue weighted by Crippen LogP contribution is 2.15. The van der Waals surface area contributed by atoms with Gasteiger partial charge >= 0.3 is 6.03 Å². The molecular formula is C7H6FN3O. The topological polar surface area (TPSA) is 54.0 Å². The normalized spacial score (nSPS) is 14.6. The molecule has 0 fully saturated rings. The number of pyridine rings is 1. The van der Waals surface area contributed by atoms with Gasteiger partial charge in [-0.1, -0.05) is 0 Å². The fourth-order valence-electron chi connectivity index (χ4n) is 1.05. The minimum absolute atomic E-state index is 0.277. The molecule has 1 aliphatic rings. The minimum atomic E-state index is -0.535. The largest absolute Gasteiger partial charge is 0.332 e. The Kier molecular flexibility index (Phi) is 1.43. The molecule has 62 valence electrons. The number of amides is 2. The summed E-state index contributed by atoms with van der Waals surface area (Å²) in [5.41, 5.74) is 1.09. The number of carbonyl (C=O) groups excluding carboxylic acids is 1. The van der Waals surface area contributed by atoms with Crippen molar-refractivity contribution in [2.75, 3.05) is 5.32 Å². The molecule has 2 N–H and O–H groups in total. The van der Waals surface area contributed by atoms with E-state index in [2.05, 4.69) is 15.6 Å². The zero-order valence-corrected chi connectivity index (χ0v) is 6.10. The van der Waals surface area contributed by atoms with Crippen LogP contribution in [0.5, 0.6) is 0 Å². The molecule has 2 amide bonds. The molecule has 0 bridgehead atoms. The summed E-state index contributed by atoms with van der Waals surface area (Å²) < 4.78 is 12.5. The number of aromatic nitrogens is 1. The number of nitrogens with one attached hydrogen (secondary N) is 2. The van der Waals surface area contributed by atoms with Crippen molar-refractivity contribution in [1.29, 1.82) is 0 Å². The maximum Gasteiger partial charge on any atom is 0.319 e. The second-order valence-corrected chi connectivity index (χ2v) is 2.44. The molecule has 0 spiro atoms. The van der Waals surface area contributed by atoms with E-state index >= 15 is 0 Å². The van der Waals surface area contributed by atoms with Gasteiger partial charge < -0.3 is 10.6 Å². The Morgan fingerprint density at radius 2 is 2.33 bits per heavy atom. The number of halogens is 1. The Hall–Kier alpha value is -1.65. The monoisotopic (exact) mass is 167 g/mol. The van der Waals surface area contributed by atoms with E-state index in [0.717, 1.165) is 0 Å². The Balaban J connectivity index is 2.43. The average Bonchev–Trinajstić information content (AvgIpc) is 2.05. The molecule has 0 aromatic carbocycles. The van der Waals surface area contributed by atoms with Gasteiger partial charge in [-0.2, -0.15) is 4.39 Å². The van der Waals surface area contributed by atoms with Gasteiger partial charge in [-0.25, -0.2) is 9.78 Å². The SMILES string of the molecule is O=C1NCc2nc(F)ccc2N1. The number of nitrogens with zero attached hydrogens (tertiary/aromatic N) is 1. The van der Waals surface area contributed by atoms with Crippen LogP contribution in [0.25, 0.3) is 0 Å². The first-order valence-corrected chi connectivity index (χ1v) is 3.46. The van der Waals surface area contributed by atoms with Crippen molar-refractivity contribution in [1.82, 2.24) is 10.3 Å². The van der Waals surface area contributed by atoms with Crippen LogP contribution in [0.15, 0.2) is 12.1 Å². The van der Waals surface area contributed by atoms with Gasteiger partial charge in [0.15, 0.2) is 0 Å². The van der Waals surface area contributed by atoms with Gasteiger partial charge in [0.25, 0.3) is 0 Å². The van der Waals surface area contributed by atoms with Crippen LogP contribution in [0.2, 0.25) is 0 Å². The van der Waals surface area contributed by atoms with Gasteiger partial charge in [0.05, 0.1) is 17.9 Å². The van der Waals surface area contributed by atoms with Crippen LogP contribution in [-0.4, -0.2) is 11.0 Å². The smallest absolute Gasteiger partial charge is 0.319 e. The van der Waals surface area contributed by atoms with Crippen molar-refractivity contribution in [3.63, 3.8) is 0 Å². The fraction of sp³-hybridized carbons (Fsp3) is 0.143. The van der Waals surface area contributed by atoms with Gasteiger partial charge in [0.2, 0.25) is 5.95 Å². The summed E-state index contributed by atoms with van der Waals surface area (Å²) in [5, 5.41) is 4.99. The molecule has 12 heavy (non-hydrogen) atoms. The number of carbonyl (C=O) groups is 1. The predicted octanol–water partition coefficient (Wildman–Crippen LogP) is 0.856. The van der Waals surface area contributed by atoms with Crippen LogP contribution in [0.4, 0.5) is 14.9 Å². The van der Waals surface area contributed by atoms with Crippen molar-refractivity contribution < 1.29 is 9.18 Å². The van der Waals surface area contributed by atoms with Crippen molar-refractivity contribution in [2.45, 2.75) is 6.54 Å². The van der Waals surface area contributed by atoms with E-state index in [4.69, 9.17) is 0 Å². The third-order valence-corrected chi connectivity index (χ3v) is 1.60. The summed E-state index contributed by atoms with van der Waals surface area (Å²) in [6.45, 7) is 0.277. The average molecular weight is 167 g/mol. The third-order valence-electron chi connectivity index (χ3n) is 1.60. The van der Waals surface area contributed by atoms with Crippen LogP contribution < -0.4 is 10.6 Å². The van der Waals surface area contributed by atoms with E-state index in [1.54, 1.807) is 0 Å². The van der Waals surface area contributed by atoms with Crippen LogP contribution >= 0.6 is 0 Å². The van der Waals surface area contributed by atoms with E-state index in [-0.39, 0.29) is 12.6 Å². The van der Waals surface area contributed by atoms with Crippen LogP contribution in [0.1, 0.15) is 5.69 Å². The Morgan fingerprint density at radius 1 is 1.50 bits per heavy atom. The Bertz CT molecular complexity index is 339. The summed E-state index contributed by atoms with van der Waals surface area (Å²) in [6.07, 6.45) is 0. The van der Waals surface area contributed by atoms with Gasteiger partial charge in [0.1, 0.15) is 0 Å². The van der Waals surface area contributed by atoms with Gasteiger partial charge in [-0.15, -0.1) is 0 Å². The highest BCUT2D eigenvalue weighted by atomic mass is 19.1. The molecule has 0 saturated heterocycles. The molecule has 4 nitrogen and oxygen atoms in total. The number of hydrogen-bond donors (Lipinski definition) is 2. The fourth-order valence-corrected chi connectivity index (χ4v) is 1.05. The Morgan fingerprint density at radius 3 is 3.17 bits per heavy atom. The van der Waals surface area contributed by atoms with Crippen molar-refractivity contribution >= 4 is 11.7 Å². The van der Waals surface area contributed by atoms with Crippen molar-refractivity contribution in [2.24, 2.45) is 0 Å². The van der Waals surface area contributed by atoms with Gasteiger partial charge in [0, 0.05) is 0 Å². The maximum absolute atomic E-state index is 12.5. The first-order chi connectivity index (χ1) is 5.75. The van der Waals surface area contributed by atoms with Crippen LogP contribution in [0.3, 0.4) is 0 Å². The highest BCUT2D eigenvalue weighted by molar-refractivity contribution is 5.91. The lowest BCUT2D eigenvalue weighted by Gasteiger charge is -2.16. The first kappa shape index (κ1) is 7.02. The number of hydrogen-bond acceptors (Lipinski definition) is 2. The highest BCUT2D eigenvalue weighted by Gasteiger charge is 2.14. The molecule has 0 atom stereocenters. The quantitative estimate of drug-likeness (QED) is 0.563. The molecular weight excluding hydrogens is 161 g/mol. The summed E-state index contributed by atoms with van der Waals surface area (Å²) in [4.78, 5) is 14.4. The lowest BCUT2D eigenvalue weighted by Crippen LogP contribution is -2.34. The second-order valence-electron chi connectivity index (χ2n) is 2.44. The molecule has 2 heterocycles. The zero-order chi connectivity index (χ0) is 8.55. The van der Waals surface area contributed by atoms with Crippen LogP contribution in [0, 0.1) is 5.95 Å². The molecule has 5 heteroatoms. The number of rotatable bonds is 0. The molecule has 1 aliphatic heterocycles. The summed E-state index contributed by atoms with van der Waals surface area (Å²) >= 11 is 0. The first-order valence-electron chi connectivity index (χ1n) is 3.46. The number of fused-ring (bicyclic) bond motifs is 1. The van der Waals surface area contributed by atoms with Crippen molar-refractivity contribution in [3.8, 4) is 0 Å². The molecule has 0 saturated carbocycles. The van der Waals surface area contributed by atoms with Gasteiger partial charge in [-0.3, -0.25) is 0 Å². The second kappa shape index (κ2) is 2.44. The number of urea groups is 1. The molecule has 2 rings (SSSR count). The maximum atomic E-state index is 12.5. The third kappa shape index (κ3) is 1.09. The minimum Gasteiger partial charge on any atom is -0.332 e. The lowest BCUT2D eigenvalue weighted by molar-refractivity contribution is 0.250. The Labute approximate surface area is 67.8 Å². The van der Waals surface area contributed by atoms with E-state index in [1.807, 2.05) is 0 Å². The van der Waals surface area contributed by atoms with Crippen LogP contribution in [-0.2, 0) is 6.54 Å². The summed E-state index contributed by atoms with van der Waals surface area (Å²) in [7, 11) is 0. The standard InChI is InChI=1S/C7H6FN3O/c8-6-2-1-4-5(10-6)3-9-7(12)11-4/h1-2H,3H2,(H2,9,11,12). The predicted molar refractivity (Wildman–Crippen MR) is 40.1 cm³/mol. The zero-order valence-electron chi connectivity index (χ0n) is 6.10.